The maximum absolute atomic E-state index is 10.8. The highest BCUT2D eigenvalue weighted by Gasteiger charge is 2.14. The third kappa shape index (κ3) is 3.40. The van der Waals surface area contributed by atoms with Gasteiger partial charge in [-0.1, -0.05) is 32.1 Å². The number of hydrogen-bond donors (Lipinski definition) is 1. The quantitative estimate of drug-likeness (QED) is 0.917. The van der Waals surface area contributed by atoms with Gasteiger partial charge in [-0.25, -0.2) is 4.98 Å². The van der Waals surface area contributed by atoms with Crippen molar-refractivity contribution in [1.29, 1.82) is 0 Å². The highest BCUT2D eigenvalue weighted by Crippen LogP contribution is 2.27. The fourth-order valence-electron chi connectivity index (χ4n) is 3.23. The van der Waals surface area contributed by atoms with Gasteiger partial charge < -0.3 is 9.67 Å². The second-order valence-electron chi connectivity index (χ2n) is 5.97. The Morgan fingerprint density at radius 1 is 1.29 bits per heavy atom. The van der Waals surface area contributed by atoms with Gasteiger partial charge in [0, 0.05) is 6.54 Å². The van der Waals surface area contributed by atoms with Crippen molar-refractivity contribution in [2.75, 3.05) is 0 Å². The summed E-state index contributed by atoms with van der Waals surface area (Å²) in [5.74, 6) is -0.0216. The lowest BCUT2D eigenvalue weighted by atomic mass is 9.87. The molecule has 1 saturated carbocycles. The Labute approximate surface area is 124 Å². The van der Waals surface area contributed by atoms with E-state index in [9.17, 15) is 4.79 Å². The molecule has 0 aromatic carbocycles. The van der Waals surface area contributed by atoms with E-state index in [-0.39, 0.29) is 6.42 Å². The summed E-state index contributed by atoms with van der Waals surface area (Å²) in [6, 6.07) is 1.86. The second-order valence-corrected chi connectivity index (χ2v) is 5.97. The van der Waals surface area contributed by atoms with Gasteiger partial charge in [0.1, 0.15) is 5.52 Å². The van der Waals surface area contributed by atoms with Crippen LogP contribution >= 0.6 is 0 Å². The lowest BCUT2D eigenvalue weighted by Gasteiger charge is -2.21. The molecule has 3 rings (SSSR count). The van der Waals surface area contributed by atoms with E-state index in [2.05, 4.69) is 14.5 Å². The number of pyridine rings is 1. The fraction of sp³-hybridized carbons (Fsp3) is 0.562. The number of carboxylic acid groups (broad SMARTS) is 1. The van der Waals surface area contributed by atoms with Gasteiger partial charge in [0.15, 0.2) is 0 Å². The molecule has 0 unspecified atom stereocenters. The Balaban J connectivity index is 1.73. The molecule has 1 aliphatic rings. The maximum Gasteiger partial charge on any atom is 0.309 e. The SMILES string of the molecule is O=C(O)Cc1cc2c(cn1)ncn2CCC1CCCCC1. The first-order chi connectivity index (χ1) is 10.2. The van der Waals surface area contributed by atoms with Crippen molar-refractivity contribution < 1.29 is 9.90 Å². The van der Waals surface area contributed by atoms with E-state index in [1.807, 2.05) is 12.4 Å². The van der Waals surface area contributed by atoms with Crippen LogP contribution in [0.2, 0.25) is 0 Å². The monoisotopic (exact) mass is 287 g/mol. The zero-order valence-corrected chi connectivity index (χ0v) is 12.2. The van der Waals surface area contributed by atoms with Crippen molar-refractivity contribution in [3.8, 4) is 0 Å². The number of aryl methyl sites for hydroxylation is 1. The van der Waals surface area contributed by atoms with Crippen LogP contribution in [0.15, 0.2) is 18.6 Å². The largest absolute Gasteiger partial charge is 0.481 e. The minimum Gasteiger partial charge on any atom is -0.481 e. The highest BCUT2D eigenvalue weighted by molar-refractivity contribution is 5.76. The number of hydrogen-bond acceptors (Lipinski definition) is 3. The van der Waals surface area contributed by atoms with Crippen LogP contribution in [0.1, 0.15) is 44.2 Å². The molecule has 0 radical (unpaired) electrons. The van der Waals surface area contributed by atoms with Gasteiger partial charge in [-0.2, -0.15) is 0 Å². The van der Waals surface area contributed by atoms with Gasteiger partial charge in [0.2, 0.25) is 0 Å². The molecular weight excluding hydrogens is 266 g/mol. The van der Waals surface area contributed by atoms with Crippen LogP contribution in [-0.2, 0) is 17.8 Å². The molecule has 112 valence electrons. The summed E-state index contributed by atoms with van der Waals surface area (Å²) in [5.41, 5.74) is 2.43. The molecule has 0 spiro atoms. The third-order valence-electron chi connectivity index (χ3n) is 4.40. The van der Waals surface area contributed by atoms with E-state index >= 15 is 0 Å². The normalized spacial score (nSPS) is 16.4. The number of aliphatic carboxylic acids is 1. The molecule has 2 heterocycles. The van der Waals surface area contributed by atoms with Crippen molar-refractivity contribution in [2.24, 2.45) is 5.92 Å². The Hall–Kier alpha value is -1.91. The van der Waals surface area contributed by atoms with Gasteiger partial charge >= 0.3 is 5.97 Å². The Morgan fingerprint density at radius 3 is 2.86 bits per heavy atom. The van der Waals surface area contributed by atoms with Crippen LogP contribution < -0.4 is 0 Å². The van der Waals surface area contributed by atoms with Crippen molar-refractivity contribution in [3.63, 3.8) is 0 Å². The molecule has 0 saturated heterocycles. The average Bonchev–Trinajstić information content (AvgIpc) is 2.88. The molecule has 0 aliphatic heterocycles. The van der Waals surface area contributed by atoms with Crippen LogP contribution in [0.5, 0.6) is 0 Å². The number of nitrogens with zero attached hydrogens (tertiary/aromatic N) is 3. The summed E-state index contributed by atoms with van der Waals surface area (Å²) in [6.07, 6.45) is 11.5. The minimum atomic E-state index is -0.852. The first kappa shape index (κ1) is 14.0. The highest BCUT2D eigenvalue weighted by atomic mass is 16.4. The Bertz CT molecular complexity index is 629. The van der Waals surface area contributed by atoms with Crippen molar-refractivity contribution in [3.05, 3.63) is 24.3 Å². The van der Waals surface area contributed by atoms with Gasteiger partial charge in [0.25, 0.3) is 0 Å². The van der Waals surface area contributed by atoms with Crippen LogP contribution in [0.4, 0.5) is 0 Å². The van der Waals surface area contributed by atoms with Gasteiger partial charge in [0.05, 0.1) is 30.2 Å². The molecule has 5 nitrogen and oxygen atoms in total. The molecule has 2 aromatic heterocycles. The summed E-state index contributed by atoms with van der Waals surface area (Å²) >= 11 is 0. The number of carbonyl (C=O) groups is 1. The molecule has 1 N–H and O–H groups in total. The van der Waals surface area contributed by atoms with Crippen LogP contribution in [0, 0.1) is 5.92 Å². The van der Waals surface area contributed by atoms with Gasteiger partial charge in [-0.15, -0.1) is 0 Å². The summed E-state index contributed by atoms with van der Waals surface area (Å²) in [6.45, 7) is 0.956. The molecule has 0 amide bonds. The maximum atomic E-state index is 10.8. The summed E-state index contributed by atoms with van der Waals surface area (Å²) in [5, 5.41) is 8.87. The Kier molecular flexibility index (Phi) is 4.18. The lowest BCUT2D eigenvalue weighted by Crippen LogP contribution is -2.10. The summed E-state index contributed by atoms with van der Waals surface area (Å²) in [7, 11) is 0. The number of fused-ring (bicyclic) bond motifs is 1. The number of rotatable bonds is 5. The minimum absolute atomic E-state index is 0.0380. The van der Waals surface area contributed by atoms with Crippen LogP contribution in [-0.4, -0.2) is 25.6 Å². The smallest absolute Gasteiger partial charge is 0.309 e. The van der Waals surface area contributed by atoms with Crippen molar-refractivity contribution in [2.45, 2.75) is 51.5 Å². The predicted octanol–water partition coefficient (Wildman–Crippen LogP) is 3.03. The number of carboxylic acids is 1. The van der Waals surface area contributed by atoms with E-state index in [4.69, 9.17) is 5.11 Å². The fourth-order valence-corrected chi connectivity index (χ4v) is 3.23. The van der Waals surface area contributed by atoms with E-state index in [1.54, 1.807) is 6.20 Å². The summed E-state index contributed by atoms with van der Waals surface area (Å²) in [4.78, 5) is 19.3. The molecular formula is C16H21N3O2. The lowest BCUT2D eigenvalue weighted by molar-refractivity contribution is -0.136. The van der Waals surface area contributed by atoms with Gasteiger partial charge in [-0.3, -0.25) is 9.78 Å². The van der Waals surface area contributed by atoms with E-state index in [0.29, 0.717) is 5.69 Å². The molecule has 2 aromatic rings. The molecule has 21 heavy (non-hydrogen) atoms. The summed E-state index contributed by atoms with van der Waals surface area (Å²) < 4.78 is 2.14. The number of imidazole rings is 1. The standard InChI is InChI=1S/C16H21N3O2/c20-16(21)9-13-8-15-14(10-17-13)18-11-19(15)7-6-12-4-2-1-3-5-12/h8,10-12H,1-7,9H2,(H,20,21). The van der Waals surface area contributed by atoms with Gasteiger partial charge in [-0.05, 0) is 18.4 Å². The molecule has 5 heteroatoms. The predicted molar refractivity (Wildman–Crippen MR) is 80.1 cm³/mol. The van der Waals surface area contributed by atoms with E-state index in [1.165, 1.54) is 38.5 Å². The zero-order chi connectivity index (χ0) is 14.7. The van der Waals surface area contributed by atoms with Crippen molar-refractivity contribution >= 4 is 17.0 Å². The van der Waals surface area contributed by atoms with E-state index < -0.39 is 5.97 Å². The average molecular weight is 287 g/mol. The molecule has 0 bridgehead atoms. The molecule has 0 atom stereocenters. The first-order valence-corrected chi connectivity index (χ1v) is 7.74. The van der Waals surface area contributed by atoms with Crippen LogP contribution in [0.25, 0.3) is 11.0 Å². The number of aromatic nitrogens is 3. The Morgan fingerprint density at radius 2 is 2.10 bits per heavy atom. The first-order valence-electron chi connectivity index (χ1n) is 7.74. The third-order valence-corrected chi connectivity index (χ3v) is 4.40. The second kappa shape index (κ2) is 6.24. The molecule has 1 aliphatic carbocycles. The topological polar surface area (TPSA) is 68.0 Å². The van der Waals surface area contributed by atoms with Crippen LogP contribution in [0.3, 0.4) is 0 Å². The van der Waals surface area contributed by atoms with Crippen molar-refractivity contribution in [1.82, 2.24) is 14.5 Å². The zero-order valence-electron chi connectivity index (χ0n) is 12.2. The molecule has 1 fully saturated rings. The van der Waals surface area contributed by atoms with E-state index in [0.717, 1.165) is 23.5 Å².